The van der Waals surface area contributed by atoms with Crippen LogP contribution in [0.4, 0.5) is 0 Å². The third-order valence-corrected chi connectivity index (χ3v) is 7.74. The van der Waals surface area contributed by atoms with Crippen LogP contribution in [-0.4, -0.2) is 61.3 Å². The van der Waals surface area contributed by atoms with Crippen LogP contribution in [0, 0.1) is 0 Å². The summed E-state index contributed by atoms with van der Waals surface area (Å²) < 4.78 is 33.3. The fraction of sp³-hybridized carbons (Fsp3) is 0.238. The lowest BCUT2D eigenvalue weighted by Gasteiger charge is -2.33. The van der Waals surface area contributed by atoms with Crippen molar-refractivity contribution in [1.82, 2.24) is 14.2 Å². The molecule has 30 heavy (non-hydrogen) atoms. The molecule has 1 aromatic heterocycles. The number of hydrogen-bond acceptors (Lipinski definition) is 5. The number of sulfonamides is 1. The van der Waals surface area contributed by atoms with E-state index >= 15 is 0 Å². The molecule has 3 aromatic rings. The van der Waals surface area contributed by atoms with Crippen LogP contribution in [0.2, 0.25) is 0 Å². The van der Waals surface area contributed by atoms with Crippen molar-refractivity contribution in [3.63, 3.8) is 0 Å². The Morgan fingerprint density at radius 3 is 2.53 bits per heavy atom. The van der Waals surface area contributed by atoms with Gasteiger partial charge >= 0.3 is 0 Å². The molecule has 1 aliphatic rings. The third-order valence-electron chi connectivity index (χ3n) is 5.04. The van der Waals surface area contributed by atoms with Crippen molar-refractivity contribution in [2.45, 2.75) is 4.90 Å². The topological polar surface area (TPSA) is 79.8 Å². The maximum Gasteiger partial charge on any atom is 0.260 e. The van der Waals surface area contributed by atoms with Crippen LogP contribution in [0.25, 0.3) is 10.8 Å². The average molecular weight is 490 g/mol. The Hall–Kier alpha value is -2.49. The molecule has 0 atom stereocenters. The zero-order valence-electron chi connectivity index (χ0n) is 16.1. The van der Waals surface area contributed by atoms with E-state index in [9.17, 15) is 13.2 Å². The maximum atomic E-state index is 12.7. The third kappa shape index (κ3) is 4.19. The van der Waals surface area contributed by atoms with E-state index in [1.54, 1.807) is 11.0 Å². The molecular formula is C21H20BrN3O4S. The van der Waals surface area contributed by atoms with Gasteiger partial charge < -0.3 is 9.64 Å². The zero-order chi connectivity index (χ0) is 21.1. The zero-order valence-corrected chi connectivity index (χ0v) is 18.5. The van der Waals surface area contributed by atoms with Gasteiger partial charge in [-0.1, -0.05) is 30.3 Å². The van der Waals surface area contributed by atoms with E-state index in [4.69, 9.17) is 4.74 Å². The van der Waals surface area contributed by atoms with Crippen molar-refractivity contribution >= 4 is 42.6 Å². The predicted molar refractivity (Wildman–Crippen MR) is 117 cm³/mol. The Labute approximate surface area is 183 Å². The highest BCUT2D eigenvalue weighted by molar-refractivity contribution is 9.10. The molecule has 4 rings (SSSR count). The van der Waals surface area contributed by atoms with Crippen LogP contribution in [0.15, 0.2) is 70.3 Å². The van der Waals surface area contributed by atoms with Gasteiger partial charge in [-0.25, -0.2) is 8.42 Å². The molecule has 1 amide bonds. The normalized spacial score (nSPS) is 15.3. The van der Waals surface area contributed by atoms with Crippen molar-refractivity contribution in [2.75, 3.05) is 32.8 Å². The summed E-state index contributed by atoms with van der Waals surface area (Å²) in [7, 11) is -3.60. The van der Waals surface area contributed by atoms with Gasteiger partial charge in [0.1, 0.15) is 10.6 Å². The lowest BCUT2D eigenvalue weighted by atomic mass is 10.1. The van der Waals surface area contributed by atoms with E-state index in [2.05, 4.69) is 20.9 Å². The number of rotatable bonds is 5. The van der Waals surface area contributed by atoms with E-state index in [1.807, 2.05) is 36.4 Å². The monoisotopic (exact) mass is 489 g/mol. The molecule has 9 heteroatoms. The van der Waals surface area contributed by atoms with Gasteiger partial charge in [0, 0.05) is 38.6 Å². The van der Waals surface area contributed by atoms with Crippen LogP contribution >= 0.6 is 15.9 Å². The second-order valence-electron chi connectivity index (χ2n) is 6.86. The molecule has 0 radical (unpaired) electrons. The second kappa shape index (κ2) is 8.71. The number of fused-ring (bicyclic) bond motifs is 1. The van der Waals surface area contributed by atoms with Crippen molar-refractivity contribution in [3.8, 4) is 5.75 Å². The molecule has 7 nitrogen and oxygen atoms in total. The van der Waals surface area contributed by atoms with Crippen LogP contribution in [0.5, 0.6) is 5.75 Å². The number of nitrogens with zero attached hydrogens (tertiary/aromatic N) is 3. The van der Waals surface area contributed by atoms with Gasteiger partial charge in [0.05, 0.1) is 4.47 Å². The quantitative estimate of drug-likeness (QED) is 0.550. The predicted octanol–water partition coefficient (Wildman–Crippen LogP) is 2.91. The standard InChI is InChI=1S/C21H20BrN3O4S/c22-21-18-6-2-1-4-16(18)7-8-19(21)29-15-20(26)24-10-12-25(13-11-24)30(27,28)17-5-3-9-23-14-17/h1-9,14H,10-13,15H2. The lowest BCUT2D eigenvalue weighted by molar-refractivity contribution is -0.134. The van der Waals surface area contributed by atoms with E-state index < -0.39 is 10.0 Å². The molecule has 2 heterocycles. The van der Waals surface area contributed by atoms with Gasteiger partial charge in [0.25, 0.3) is 5.91 Å². The molecule has 156 valence electrons. The highest BCUT2D eigenvalue weighted by Gasteiger charge is 2.30. The van der Waals surface area contributed by atoms with Gasteiger partial charge in [-0.3, -0.25) is 9.78 Å². The summed E-state index contributed by atoms with van der Waals surface area (Å²) in [5.41, 5.74) is 0. The molecule has 1 aliphatic heterocycles. The van der Waals surface area contributed by atoms with E-state index in [1.165, 1.54) is 22.8 Å². The largest absolute Gasteiger partial charge is 0.483 e. The molecule has 0 saturated carbocycles. The lowest BCUT2D eigenvalue weighted by Crippen LogP contribution is -2.51. The minimum atomic E-state index is -3.60. The molecule has 0 N–H and O–H groups in total. The van der Waals surface area contributed by atoms with Crippen molar-refractivity contribution in [3.05, 3.63) is 65.4 Å². The number of halogens is 1. The summed E-state index contributed by atoms with van der Waals surface area (Å²) in [6.07, 6.45) is 2.87. The van der Waals surface area contributed by atoms with Crippen molar-refractivity contribution < 1.29 is 17.9 Å². The summed E-state index contributed by atoms with van der Waals surface area (Å²) >= 11 is 3.55. The van der Waals surface area contributed by atoms with Gasteiger partial charge in [0.2, 0.25) is 10.0 Å². The average Bonchev–Trinajstić information content (AvgIpc) is 2.79. The fourth-order valence-corrected chi connectivity index (χ4v) is 5.38. The Kier molecular flexibility index (Phi) is 6.03. The summed E-state index contributed by atoms with van der Waals surface area (Å²) in [6.45, 7) is 1.01. The van der Waals surface area contributed by atoms with Crippen molar-refractivity contribution in [2.24, 2.45) is 0 Å². The first-order chi connectivity index (χ1) is 14.5. The minimum absolute atomic E-state index is 0.105. The molecule has 0 bridgehead atoms. The summed E-state index contributed by atoms with van der Waals surface area (Å²) in [5, 5.41) is 2.09. The second-order valence-corrected chi connectivity index (χ2v) is 9.59. The van der Waals surface area contributed by atoms with Crippen LogP contribution in [-0.2, 0) is 14.8 Å². The van der Waals surface area contributed by atoms with E-state index in [0.29, 0.717) is 18.8 Å². The molecule has 2 aromatic carbocycles. The van der Waals surface area contributed by atoms with Crippen molar-refractivity contribution in [1.29, 1.82) is 0 Å². The van der Waals surface area contributed by atoms with Crippen LogP contribution in [0.3, 0.4) is 0 Å². The highest BCUT2D eigenvalue weighted by Crippen LogP contribution is 2.33. The molecule has 1 saturated heterocycles. The first-order valence-electron chi connectivity index (χ1n) is 9.45. The summed E-state index contributed by atoms with van der Waals surface area (Å²) in [4.78, 5) is 18.2. The minimum Gasteiger partial charge on any atom is -0.483 e. The van der Waals surface area contributed by atoms with Gasteiger partial charge in [0.15, 0.2) is 6.61 Å². The first kappa shape index (κ1) is 20.8. The molecule has 0 spiro atoms. The number of ether oxygens (including phenoxy) is 1. The smallest absolute Gasteiger partial charge is 0.260 e. The Balaban J connectivity index is 1.36. The van der Waals surface area contributed by atoms with E-state index in [0.717, 1.165) is 15.2 Å². The van der Waals surface area contributed by atoms with Gasteiger partial charge in [-0.05, 0) is 44.9 Å². The molecule has 0 aliphatic carbocycles. The Morgan fingerprint density at radius 2 is 1.80 bits per heavy atom. The highest BCUT2D eigenvalue weighted by atomic mass is 79.9. The number of benzene rings is 2. The number of aromatic nitrogens is 1. The Bertz CT molecular complexity index is 1160. The van der Waals surface area contributed by atoms with Gasteiger partial charge in [-0.15, -0.1) is 0 Å². The summed E-state index contributed by atoms with van der Waals surface area (Å²) in [5.74, 6) is 0.424. The number of carbonyl (C=O) groups is 1. The number of piperazine rings is 1. The number of pyridine rings is 1. The van der Waals surface area contributed by atoms with E-state index in [-0.39, 0.29) is 30.5 Å². The number of carbonyl (C=O) groups excluding carboxylic acids is 1. The molecular weight excluding hydrogens is 470 g/mol. The fourth-order valence-electron chi connectivity index (χ4n) is 3.38. The molecule has 0 unspecified atom stereocenters. The van der Waals surface area contributed by atoms with Gasteiger partial charge in [-0.2, -0.15) is 4.31 Å². The van der Waals surface area contributed by atoms with Crippen LogP contribution in [0.1, 0.15) is 0 Å². The van der Waals surface area contributed by atoms with Crippen LogP contribution < -0.4 is 4.74 Å². The molecule has 1 fully saturated rings. The maximum absolute atomic E-state index is 12.7. The SMILES string of the molecule is O=C(COc1ccc2ccccc2c1Br)N1CCN(S(=O)(=O)c2cccnc2)CC1. The first-order valence-corrected chi connectivity index (χ1v) is 11.7. The number of hydrogen-bond donors (Lipinski definition) is 0. The Morgan fingerprint density at radius 1 is 1.03 bits per heavy atom. The summed E-state index contributed by atoms with van der Waals surface area (Å²) in [6, 6.07) is 14.8. The number of amides is 1.